The van der Waals surface area contributed by atoms with Gasteiger partial charge in [-0.05, 0) is 48.9 Å². The molecule has 27 heavy (non-hydrogen) atoms. The standard InChI is InChI=1S/C22H25NO4/c1-5-14-27-18-9-6-17(7-10-18)8-13-22(24)23-16(2)20-15-19(25-3)11-12-21(20)26-4/h5-13,15-16H,1,14H2,2-4H3,(H,23,24)/b13-8+/t16-/m0/s1. The lowest BCUT2D eigenvalue weighted by atomic mass is 10.1. The zero-order valence-electron chi connectivity index (χ0n) is 15.9. The van der Waals surface area contributed by atoms with E-state index >= 15 is 0 Å². The van der Waals surface area contributed by atoms with Crippen LogP contribution in [0.3, 0.4) is 0 Å². The van der Waals surface area contributed by atoms with Gasteiger partial charge in [-0.25, -0.2) is 0 Å². The molecule has 1 atom stereocenters. The van der Waals surface area contributed by atoms with Crippen LogP contribution in [0.4, 0.5) is 0 Å². The van der Waals surface area contributed by atoms with Crippen LogP contribution in [-0.4, -0.2) is 26.7 Å². The van der Waals surface area contributed by atoms with Gasteiger partial charge < -0.3 is 19.5 Å². The number of amides is 1. The summed E-state index contributed by atoms with van der Waals surface area (Å²) in [5.41, 5.74) is 1.75. The molecule has 0 heterocycles. The van der Waals surface area contributed by atoms with Crippen molar-refractivity contribution >= 4 is 12.0 Å². The zero-order valence-corrected chi connectivity index (χ0v) is 15.9. The number of hydrogen-bond acceptors (Lipinski definition) is 4. The molecule has 1 N–H and O–H groups in total. The maximum Gasteiger partial charge on any atom is 0.244 e. The van der Waals surface area contributed by atoms with Crippen LogP contribution in [0.15, 0.2) is 61.2 Å². The predicted octanol–water partition coefficient (Wildman–Crippen LogP) is 4.16. The van der Waals surface area contributed by atoms with Gasteiger partial charge in [-0.15, -0.1) is 0 Å². The van der Waals surface area contributed by atoms with E-state index in [4.69, 9.17) is 14.2 Å². The van der Waals surface area contributed by atoms with Gasteiger partial charge in [0, 0.05) is 11.6 Å². The third kappa shape index (κ3) is 5.92. The molecule has 1 amide bonds. The Morgan fingerprint density at radius 3 is 2.44 bits per heavy atom. The number of hydrogen-bond donors (Lipinski definition) is 1. The first-order valence-electron chi connectivity index (χ1n) is 8.61. The Labute approximate surface area is 160 Å². The van der Waals surface area contributed by atoms with Gasteiger partial charge >= 0.3 is 0 Å². The fraction of sp³-hybridized carbons (Fsp3) is 0.227. The van der Waals surface area contributed by atoms with Crippen molar-refractivity contribution in [1.29, 1.82) is 0 Å². The van der Waals surface area contributed by atoms with Crippen LogP contribution in [0, 0.1) is 0 Å². The highest BCUT2D eigenvalue weighted by atomic mass is 16.5. The van der Waals surface area contributed by atoms with Crippen molar-refractivity contribution in [2.24, 2.45) is 0 Å². The van der Waals surface area contributed by atoms with Gasteiger partial charge in [-0.1, -0.05) is 24.8 Å². The molecule has 5 nitrogen and oxygen atoms in total. The first-order valence-corrected chi connectivity index (χ1v) is 8.61. The summed E-state index contributed by atoms with van der Waals surface area (Å²) in [5, 5.41) is 2.93. The Morgan fingerprint density at radius 1 is 1.11 bits per heavy atom. The third-order valence-electron chi connectivity index (χ3n) is 3.94. The van der Waals surface area contributed by atoms with Crippen LogP contribution >= 0.6 is 0 Å². The van der Waals surface area contributed by atoms with E-state index in [1.807, 2.05) is 49.4 Å². The number of carbonyl (C=O) groups excluding carboxylic acids is 1. The van der Waals surface area contributed by atoms with Crippen molar-refractivity contribution in [2.45, 2.75) is 13.0 Å². The monoisotopic (exact) mass is 367 g/mol. The highest BCUT2D eigenvalue weighted by molar-refractivity contribution is 5.92. The van der Waals surface area contributed by atoms with Crippen molar-refractivity contribution in [3.8, 4) is 17.2 Å². The minimum atomic E-state index is -0.234. The van der Waals surface area contributed by atoms with Gasteiger partial charge in [0.25, 0.3) is 0 Å². The fourth-order valence-electron chi connectivity index (χ4n) is 2.52. The van der Waals surface area contributed by atoms with Gasteiger partial charge in [-0.3, -0.25) is 4.79 Å². The normalized spacial score (nSPS) is 11.7. The number of methoxy groups -OCH3 is 2. The Kier molecular flexibility index (Phi) is 7.49. The number of carbonyl (C=O) groups is 1. The molecule has 2 aromatic carbocycles. The van der Waals surface area contributed by atoms with E-state index in [1.54, 1.807) is 26.4 Å². The smallest absolute Gasteiger partial charge is 0.244 e. The number of nitrogens with one attached hydrogen (secondary N) is 1. The second-order valence-corrected chi connectivity index (χ2v) is 5.84. The van der Waals surface area contributed by atoms with Gasteiger partial charge in [0.1, 0.15) is 23.9 Å². The van der Waals surface area contributed by atoms with Crippen LogP contribution in [0.1, 0.15) is 24.1 Å². The van der Waals surface area contributed by atoms with E-state index in [0.29, 0.717) is 18.1 Å². The largest absolute Gasteiger partial charge is 0.497 e. The molecule has 0 bridgehead atoms. The molecule has 5 heteroatoms. The molecule has 0 saturated carbocycles. The topological polar surface area (TPSA) is 56.8 Å². The number of benzene rings is 2. The van der Waals surface area contributed by atoms with Crippen molar-refractivity contribution in [3.63, 3.8) is 0 Å². The van der Waals surface area contributed by atoms with Crippen molar-refractivity contribution in [3.05, 3.63) is 72.3 Å². The molecule has 0 aliphatic rings. The summed E-state index contributed by atoms with van der Waals surface area (Å²) >= 11 is 0. The molecule has 0 spiro atoms. The van der Waals surface area contributed by atoms with E-state index in [1.165, 1.54) is 6.08 Å². The highest BCUT2D eigenvalue weighted by Gasteiger charge is 2.14. The van der Waals surface area contributed by atoms with Crippen molar-refractivity contribution < 1.29 is 19.0 Å². The van der Waals surface area contributed by atoms with E-state index in [0.717, 1.165) is 16.9 Å². The van der Waals surface area contributed by atoms with Crippen molar-refractivity contribution in [2.75, 3.05) is 20.8 Å². The summed E-state index contributed by atoms with van der Waals surface area (Å²) in [5.74, 6) is 1.97. The molecule has 0 fully saturated rings. The molecule has 142 valence electrons. The Hall–Kier alpha value is -3.21. The average molecular weight is 367 g/mol. The molecule has 0 unspecified atom stereocenters. The molecular formula is C22H25NO4. The quantitative estimate of drug-likeness (QED) is 0.534. The van der Waals surface area contributed by atoms with E-state index in [9.17, 15) is 4.79 Å². The van der Waals surface area contributed by atoms with Crippen LogP contribution < -0.4 is 19.5 Å². The second-order valence-electron chi connectivity index (χ2n) is 5.84. The molecule has 0 aliphatic heterocycles. The lowest BCUT2D eigenvalue weighted by Gasteiger charge is -2.17. The molecule has 2 rings (SSSR count). The second kappa shape index (κ2) is 10.1. The highest BCUT2D eigenvalue weighted by Crippen LogP contribution is 2.29. The van der Waals surface area contributed by atoms with E-state index < -0.39 is 0 Å². The van der Waals surface area contributed by atoms with E-state index in [2.05, 4.69) is 11.9 Å². The average Bonchev–Trinajstić information content (AvgIpc) is 2.70. The Bertz CT molecular complexity index is 796. The van der Waals surface area contributed by atoms with Gasteiger partial charge in [0.05, 0.1) is 20.3 Å². The molecule has 0 saturated heterocycles. The third-order valence-corrected chi connectivity index (χ3v) is 3.94. The number of rotatable bonds is 9. The summed E-state index contributed by atoms with van der Waals surface area (Å²) in [6, 6.07) is 12.7. The van der Waals surface area contributed by atoms with Crippen molar-refractivity contribution in [1.82, 2.24) is 5.32 Å². The molecule has 0 aliphatic carbocycles. The zero-order chi connectivity index (χ0) is 19.6. The first-order chi connectivity index (χ1) is 13.1. The van der Waals surface area contributed by atoms with Gasteiger partial charge in [0.2, 0.25) is 5.91 Å². The van der Waals surface area contributed by atoms with Crippen LogP contribution in [0.5, 0.6) is 17.2 Å². The van der Waals surface area contributed by atoms with Gasteiger partial charge in [0.15, 0.2) is 0 Å². The van der Waals surface area contributed by atoms with Gasteiger partial charge in [-0.2, -0.15) is 0 Å². The Morgan fingerprint density at radius 2 is 1.81 bits per heavy atom. The molecule has 0 aromatic heterocycles. The summed E-state index contributed by atoms with van der Waals surface area (Å²) in [6.07, 6.45) is 4.95. The Balaban J connectivity index is 2.00. The molecule has 2 aromatic rings. The SMILES string of the molecule is C=CCOc1ccc(/C=C/C(=O)N[C@@H](C)c2cc(OC)ccc2OC)cc1. The summed E-state index contributed by atoms with van der Waals surface area (Å²) in [6.45, 7) is 5.97. The minimum absolute atomic E-state index is 0.195. The number of ether oxygens (including phenoxy) is 3. The van der Waals surface area contributed by atoms with Crippen LogP contribution in [0.25, 0.3) is 6.08 Å². The first kappa shape index (κ1) is 20.1. The summed E-state index contributed by atoms with van der Waals surface area (Å²) in [7, 11) is 3.20. The summed E-state index contributed by atoms with van der Waals surface area (Å²) in [4.78, 5) is 12.3. The van der Waals surface area contributed by atoms with Crippen LogP contribution in [-0.2, 0) is 4.79 Å². The van der Waals surface area contributed by atoms with E-state index in [-0.39, 0.29) is 11.9 Å². The maximum absolute atomic E-state index is 12.3. The summed E-state index contributed by atoms with van der Waals surface area (Å²) < 4.78 is 16.1. The fourth-order valence-corrected chi connectivity index (χ4v) is 2.52. The maximum atomic E-state index is 12.3. The van der Waals surface area contributed by atoms with Crippen LogP contribution in [0.2, 0.25) is 0 Å². The lowest BCUT2D eigenvalue weighted by molar-refractivity contribution is -0.117. The predicted molar refractivity (Wildman–Crippen MR) is 107 cm³/mol. The lowest BCUT2D eigenvalue weighted by Crippen LogP contribution is -2.25. The molecular weight excluding hydrogens is 342 g/mol. The molecule has 0 radical (unpaired) electrons. The minimum Gasteiger partial charge on any atom is -0.497 e.